The topological polar surface area (TPSA) is 81.9 Å². The summed E-state index contributed by atoms with van der Waals surface area (Å²) in [6, 6.07) is 7.64. The molecular weight excluding hydrogens is 270 g/mol. The number of tetrazole rings is 1. The second-order valence-corrected chi connectivity index (χ2v) is 5.64. The summed E-state index contributed by atoms with van der Waals surface area (Å²) in [4.78, 5) is 11.7. The molecule has 0 aliphatic carbocycles. The Labute approximate surface area is 123 Å². The molecule has 1 amide bonds. The van der Waals surface area contributed by atoms with E-state index in [9.17, 15) is 4.79 Å². The van der Waals surface area contributed by atoms with Crippen LogP contribution >= 0.6 is 0 Å². The Morgan fingerprint density at radius 3 is 2.67 bits per heavy atom. The Hall–Kier alpha value is -2.44. The van der Waals surface area contributed by atoms with Gasteiger partial charge in [0.2, 0.25) is 0 Å². The van der Waals surface area contributed by atoms with Gasteiger partial charge in [-0.25, -0.2) is 9.48 Å². The average molecular weight is 289 g/mol. The van der Waals surface area contributed by atoms with E-state index < -0.39 is 11.7 Å². The standard InChI is InChI=1S/C14H19N5O2/c1-14(2,3)21-13(20)15-9-10-7-5-6-8-11(10)12-16-17-18-19(12)4/h5-8H,9H2,1-4H3,(H,15,20). The van der Waals surface area contributed by atoms with Crippen molar-refractivity contribution in [3.8, 4) is 11.4 Å². The van der Waals surface area contributed by atoms with Gasteiger partial charge in [0.1, 0.15) is 5.60 Å². The molecule has 0 spiro atoms. The molecular formula is C14H19N5O2. The van der Waals surface area contributed by atoms with Crippen molar-refractivity contribution < 1.29 is 9.53 Å². The number of benzene rings is 1. The van der Waals surface area contributed by atoms with E-state index in [0.29, 0.717) is 12.4 Å². The van der Waals surface area contributed by atoms with Crippen LogP contribution in [-0.2, 0) is 18.3 Å². The van der Waals surface area contributed by atoms with Crippen molar-refractivity contribution in [3.63, 3.8) is 0 Å². The predicted octanol–water partition coefficient (Wildman–Crippen LogP) is 1.90. The number of nitrogens with one attached hydrogen (secondary N) is 1. The lowest BCUT2D eigenvalue weighted by Gasteiger charge is -2.20. The van der Waals surface area contributed by atoms with Crippen LogP contribution in [0.1, 0.15) is 26.3 Å². The van der Waals surface area contributed by atoms with Crippen LogP contribution in [0.3, 0.4) is 0 Å². The van der Waals surface area contributed by atoms with Crippen LogP contribution in [-0.4, -0.2) is 31.9 Å². The number of carbonyl (C=O) groups excluding carboxylic acids is 1. The highest BCUT2D eigenvalue weighted by Crippen LogP contribution is 2.20. The van der Waals surface area contributed by atoms with Crippen LogP contribution in [0, 0.1) is 0 Å². The molecule has 0 bridgehead atoms. The van der Waals surface area contributed by atoms with Crippen LogP contribution in [0.4, 0.5) is 4.79 Å². The highest BCUT2D eigenvalue weighted by Gasteiger charge is 2.17. The van der Waals surface area contributed by atoms with E-state index in [2.05, 4.69) is 20.8 Å². The zero-order valence-corrected chi connectivity index (χ0v) is 12.6. The van der Waals surface area contributed by atoms with Crippen LogP contribution in [0.5, 0.6) is 0 Å². The summed E-state index contributed by atoms with van der Waals surface area (Å²) in [5, 5.41) is 14.2. The van der Waals surface area contributed by atoms with Crippen molar-refractivity contribution >= 4 is 6.09 Å². The fourth-order valence-electron chi connectivity index (χ4n) is 1.83. The SMILES string of the molecule is Cn1nnnc1-c1ccccc1CNC(=O)OC(C)(C)C. The molecule has 7 heteroatoms. The normalized spacial score (nSPS) is 11.2. The minimum absolute atomic E-state index is 0.345. The summed E-state index contributed by atoms with van der Waals surface area (Å²) in [5.74, 6) is 0.650. The van der Waals surface area contributed by atoms with E-state index in [1.165, 1.54) is 0 Å². The number of alkyl carbamates (subject to hydrolysis) is 1. The van der Waals surface area contributed by atoms with Crippen LogP contribution in [0.2, 0.25) is 0 Å². The van der Waals surface area contributed by atoms with Gasteiger partial charge >= 0.3 is 6.09 Å². The van der Waals surface area contributed by atoms with E-state index in [0.717, 1.165) is 11.1 Å². The second kappa shape index (κ2) is 5.90. The molecule has 0 aliphatic rings. The Bertz CT molecular complexity index is 630. The van der Waals surface area contributed by atoms with Crippen molar-refractivity contribution in [2.45, 2.75) is 32.9 Å². The smallest absolute Gasteiger partial charge is 0.407 e. The first-order valence-electron chi connectivity index (χ1n) is 6.64. The van der Waals surface area contributed by atoms with E-state index >= 15 is 0 Å². The fraction of sp³-hybridized carbons (Fsp3) is 0.429. The van der Waals surface area contributed by atoms with Gasteiger partial charge in [-0.1, -0.05) is 24.3 Å². The van der Waals surface area contributed by atoms with Crippen molar-refractivity contribution in [2.24, 2.45) is 7.05 Å². The fourth-order valence-corrected chi connectivity index (χ4v) is 1.83. The van der Waals surface area contributed by atoms with Crippen LogP contribution in [0.15, 0.2) is 24.3 Å². The van der Waals surface area contributed by atoms with Crippen LogP contribution in [0.25, 0.3) is 11.4 Å². The molecule has 0 atom stereocenters. The van der Waals surface area contributed by atoms with Gasteiger partial charge in [-0.3, -0.25) is 0 Å². The number of carbonyl (C=O) groups is 1. The van der Waals surface area contributed by atoms with Gasteiger partial charge in [0.15, 0.2) is 5.82 Å². The third-order valence-corrected chi connectivity index (χ3v) is 2.70. The number of nitrogens with zero attached hydrogens (tertiary/aromatic N) is 4. The summed E-state index contributed by atoms with van der Waals surface area (Å²) < 4.78 is 6.81. The van der Waals surface area contributed by atoms with Gasteiger partial charge in [0.05, 0.1) is 0 Å². The van der Waals surface area contributed by atoms with Gasteiger partial charge in [0.25, 0.3) is 0 Å². The Morgan fingerprint density at radius 2 is 2.05 bits per heavy atom. The molecule has 0 saturated heterocycles. The van der Waals surface area contributed by atoms with Crippen molar-refractivity contribution in [1.29, 1.82) is 0 Å². The van der Waals surface area contributed by atoms with E-state index in [1.807, 2.05) is 45.0 Å². The minimum Gasteiger partial charge on any atom is -0.444 e. The molecule has 0 radical (unpaired) electrons. The molecule has 21 heavy (non-hydrogen) atoms. The first-order chi connectivity index (χ1) is 9.87. The molecule has 1 heterocycles. The van der Waals surface area contributed by atoms with Crippen LogP contribution < -0.4 is 5.32 Å². The van der Waals surface area contributed by atoms with Gasteiger partial charge in [-0.05, 0) is 36.8 Å². The Morgan fingerprint density at radius 1 is 1.33 bits per heavy atom. The molecule has 0 saturated carbocycles. The summed E-state index contributed by atoms with van der Waals surface area (Å²) in [5.41, 5.74) is 1.28. The lowest BCUT2D eigenvalue weighted by Crippen LogP contribution is -2.32. The average Bonchev–Trinajstić information content (AvgIpc) is 2.81. The second-order valence-electron chi connectivity index (χ2n) is 5.64. The molecule has 1 N–H and O–H groups in total. The molecule has 0 fully saturated rings. The predicted molar refractivity (Wildman–Crippen MR) is 77.3 cm³/mol. The number of aryl methyl sites for hydroxylation is 1. The summed E-state index contributed by atoms with van der Waals surface area (Å²) in [7, 11) is 1.77. The molecule has 112 valence electrons. The first kappa shape index (κ1) is 15.0. The maximum atomic E-state index is 11.7. The Kier molecular flexibility index (Phi) is 4.21. The summed E-state index contributed by atoms with van der Waals surface area (Å²) in [6.07, 6.45) is -0.451. The largest absolute Gasteiger partial charge is 0.444 e. The van der Waals surface area contributed by atoms with Crippen molar-refractivity contribution in [1.82, 2.24) is 25.5 Å². The highest BCUT2D eigenvalue weighted by molar-refractivity contribution is 5.68. The highest BCUT2D eigenvalue weighted by atomic mass is 16.6. The quantitative estimate of drug-likeness (QED) is 0.933. The number of aromatic nitrogens is 4. The molecule has 0 aliphatic heterocycles. The van der Waals surface area contributed by atoms with E-state index in [-0.39, 0.29) is 0 Å². The maximum Gasteiger partial charge on any atom is 0.407 e. The third-order valence-electron chi connectivity index (χ3n) is 2.70. The monoisotopic (exact) mass is 289 g/mol. The van der Waals surface area contributed by atoms with Gasteiger partial charge in [-0.2, -0.15) is 0 Å². The number of hydrogen-bond donors (Lipinski definition) is 1. The molecule has 7 nitrogen and oxygen atoms in total. The van der Waals surface area contributed by atoms with Gasteiger partial charge < -0.3 is 10.1 Å². The minimum atomic E-state index is -0.517. The number of amides is 1. The zero-order chi connectivity index (χ0) is 15.5. The molecule has 1 aromatic heterocycles. The third kappa shape index (κ3) is 4.01. The van der Waals surface area contributed by atoms with Gasteiger partial charge in [-0.15, -0.1) is 5.10 Å². The number of rotatable bonds is 3. The number of ether oxygens (including phenoxy) is 1. The molecule has 2 rings (SSSR count). The van der Waals surface area contributed by atoms with Gasteiger partial charge in [0, 0.05) is 19.2 Å². The molecule has 0 unspecified atom stereocenters. The lowest BCUT2D eigenvalue weighted by molar-refractivity contribution is 0.0523. The number of hydrogen-bond acceptors (Lipinski definition) is 5. The van der Waals surface area contributed by atoms with Crippen molar-refractivity contribution in [3.05, 3.63) is 29.8 Å². The zero-order valence-electron chi connectivity index (χ0n) is 12.6. The first-order valence-corrected chi connectivity index (χ1v) is 6.64. The summed E-state index contributed by atoms with van der Waals surface area (Å²) in [6.45, 7) is 5.82. The lowest BCUT2D eigenvalue weighted by atomic mass is 10.1. The Balaban J connectivity index is 2.12. The summed E-state index contributed by atoms with van der Waals surface area (Å²) >= 11 is 0. The maximum absolute atomic E-state index is 11.7. The van der Waals surface area contributed by atoms with Crippen molar-refractivity contribution in [2.75, 3.05) is 0 Å². The molecule has 1 aromatic carbocycles. The molecule has 2 aromatic rings. The van der Waals surface area contributed by atoms with E-state index in [1.54, 1.807) is 11.7 Å². The van der Waals surface area contributed by atoms with E-state index in [4.69, 9.17) is 4.74 Å².